The number of carbonyl (C=O) groups excluding carboxylic acids is 2. The Morgan fingerprint density at radius 2 is 1.89 bits per heavy atom. The van der Waals surface area contributed by atoms with Crippen LogP contribution in [-0.4, -0.2) is 30.0 Å². The van der Waals surface area contributed by atoms with Crippen molar-refractivity contribution < 1.29 is 19.2 Å². The third-order valence-corrected chi connectivity index (χ3v) is 4.11. The van der Waals surface area contributed by atoms with Gasteiger partial charge in [-0.15, -0.1) is 0 Å². The largest absolute Gasteiger partial charge is 0.460 e. The summed E-state index contributed by atoms with van der Waals surface area (Å²) in [5.41, 5.74) is 2.07. The van der Waals surface area contributed by atoms with Gasteiger partial charge in [-0.1, -0.05) is 41.4 Å². The zero-order valence-electron chi connectivity index (χ0n) is 14.7. The first kappa shape index (κ1) is 20.4. The van der Waals surface area contributed by atoms with Gasteiger partial charge in [0.25, 0.3) is 5.69 Å². The Labute approximate surface area is 161 Å². The minimum Gasteiger partial charge on any atom is -0.460 e. The molecule has 142 valence electrons. The van der Waals surface area contributed by atoms with Crippen LogP contribution < -0.4 is 5.32 Å². The van der Waals surface area contributed by atoms with Crippen LogP contribution >= 0.6 is 11.6 Å². The number of halogens is 1. The van der Waals surface area contributed by atoms with E-state index >= 15 is 0 Å². The van der Waals surface area contributed by atoms with Crippen molar-refractivity contribution in [2.75, 3.05) is 13.2 Å². The van der Waals surface area contributed by atoms with E-state index in [-0.39, 0.29) is 35.3 Å². The van der Waals surface area contributed by atoms with Crippen molar-refractivity contribution in [2.45, 2.75) is 19.8 Å². The molecule has 0 heterocycles. The van der Waals surface area contributed by atoms with Gasteiger partial charge >= 0.3 is 5.97 Å². The number of esters is 1. The van der Waals surface area contributed by atoms with Crippen LogP contribution in [0.25, 0.3) is 0 Å². The van der Waals surface area contributed by atoms with Gasteiger partial charge in [-0.25, -0.2) is 4.79 Å². The Balaban J connectivity index is 1.71. The van der Waals surface area contributed by atoms with Gasteiger partial charge in [-0.2, -0.15) is 0 Å². The monoisotopic (exact) mass is 390 g/mol. The fourth-order valence-corrected chi connectivity index (χ4v) is 2.55. The summed E-state index contributed by atoms with van der Waals surface area (Å²) in [4.78, 5) is 33.8. The van der Waals surface area contributed by atoms with E-state index < -0.39 is 10.9 Å². The van der Waals surface area contributed by atoms with Gasteiger partial charge in [0.15, 0.2) is 0 Å². The summed E-state index contributed by atoms with van der Waals surface area (Å²) in [7, 11) is 0. The van der Waals surface area contributed by atoms with Crippen LogP contribution in [0, 0.1) is 17.0 Å². The summed E-state index contributed by atoms with van der Waals surface area (Å²) in [6.45, 7) is 2.15. The van der Waals surface area contributed by atoms with Crippen LogP contribution in [0.3, 0.4) is 0 Å². The molecule has 8 heteroatoms. The van der Waals surface area contributed by atoms with E-state index in [4.69, 9.17) is 16.3 Å². The second-order valence-electron chi connectivity index (χ2n) is 5.89. The zero-order chi connectivity index (χ0) is 19.8. The van der Waals surface area contributed by atoms with Crippen molar-refractivity contribution in [3.8, 4) is 0 Å². The fraction of sp³-hybridized carbons (Fsp3) is 0.263. The lowest BCUT2D eigenvalue weighted by Gasteiger charge is -2.08. The molecule has 0 saturated heterocycles. The van der Waals surface area contributed by atoms with Crippen molar-refractivity contribution in [3.63, 3.8) is 0 Å². The van der Waals surface area contributed by atoms with Crippen LogP contribution in [0.5, 0.6) is 0 Å². The number of nitrogens with one attached hydrogen (secondary N) is 1. The third kappa shape index (κ3) is 6.38. The van der Waals surface area contributed by atoms with Gasteiger partial charge in [-0.3, -0.25) is 14.9 Å². The first-order valence-electron chi connectivity index (χ1n) is 8.30. The molecule has 0 aliphatic heterocycles. The molecule has 0 aromatic heterocycles. The number of hydrogen-bond acceptors (Lipinski definition) is 5. The number of nitro groups is 1. The Bertz CT molecular complexity index is 836. The second kappa shape index (κ2) is 9.68. The predicted molar refractivity (Wildman–Crippen MR) is 101 cm³/mol. The summed E-state index contributed by atoms with van der Waals surface area (Å²) in [6.07, 6.45) is 0.968. The lowest BCUT2D eigenvalue weighted by atomic mass is 10.1. The summed E-state index contributed by atoms with van der Waals surface area (Å²) < 4.78 is 5.03. The highest BCUT2D eigenvalue weighted by molar-refractivity contribution is 6.33. The average molecular weight is 391 g/mol. The molecule has 0 bridgehead atoms. The first-order valence-corrected chi connectivity index (χ1v) is 8.68. The van der Waals surface area contributed by atoms with Crippen molar-refractivity contribution in [1.82, 2.24) is 5.32 Å². The standard InChI is InChI=1S/C19H19ClN2O5/c1-13-2-4-14(5-3-13)6-9-18(23)21-10-11-27-19(24)16-8-7-15(22(25)26)12-17(16)20/h2-5,7-8,12H,6,9-11H2,1H3,(H,21,23). The minimum atomic E-state index is -0.705. The molecule has 0 radical (unpaired) electrons. The quantitative estimate of drug-likeness (QED) is 0.322. The molecule has 1 N–H and O–H groups in total. The van der Waals surface area contributed by atoms with E-state index in [1.165, 1.54) is 12.1 Å². The van der Waals surface area contributed by atoms with Crippen LogP contribution in [0.4, 0.5) is 5.69 Å². The van der Waals surface area contributed by atoms with Crippen LogP contribution in [0.15, 0.2) is 42.5 Å². The van der Waals surface area contributed by atoms with Gasteiger partial charge in [0.2, 0.25) is 5.91 Å². The summed E-state index contributed by atoms with van der Waals surface area (Å²) >= 11 is 5.87. The van der Waals surface area contributed by atoms with Gasteiger partial charge < -0.3 is 10.1 Å². The molecule has 7 nitrogen and oxygen atoms in total. The SMILES string of the molecule is Cc1ccc(CCC(=O)NCCOC(=O)c2ccc([N+](=O)[O-])cc2Cl)cc1. The summed E-state index contributed by atoms with van der Waals surface area (Å²) in [5.74, 6) is -0.844. The lowest BCUT2D eigenvalue weighted by Crippen LogP contribution is -2.28. The van der Waals surface area contributed by atoms with Crippen molar-refractivity contribution >= 4 is 29.2 Å². The van der Waals surface area contributed by atoms with E-state index in [9.17, 15) is 19.7 Å². The summed E-state index contributed by atoms with van der Waals surface area (Å²) in [6, 6.07) is 11.5. The number of carbonyl (C=O) groups is 2. The number of ether oxygens (including phenoxy) is 1. The van der Waals surface area contributed by atoms with E-state index in [1.807, 2.05) is 31.2 Å². The molecule has 0 atom stereocenters. The van der Waals surface area contributed by atoms with Crippen molar-refractivity contribution in [1.29, 1.82) is 0 Å². The number of amides is 1. The highest BCUT2D eigenvalue weighted by Gasteiger charge is 2.16. The minimum absolute atomic E-state index is 0.0254. The molecule has 0 unspecified atom stereocenters. The maximum absolute atomic E-state index is 11.9. The molecule has 0 spiro atoms. The normalized spacial score (nSPS) is 10.3. The number of nitrogens with zero attached hydrogens (tertiary/aromatic N) is 1. The number of benzene rings is 2. The molecule has 0 aliphatic carbocycles. The fourth-order valence-electron chi connectivity index (χ4n) is 2.30. The maximum atomic E-state index is 11.9. The molecule has 27 heavy (non-hydrogen) atoms. The van der Waals surface area contributed by atoms with E-state index in [0.29, 0.717) is 12.8 Å². The molecule has 2 aromatic rings. The molecule has 0 aliphatic rings. The Kier molecular flexibility index (Phi) is 7.31. The predicted octanol–water partition coefficient (Wildman–Crippen LogP) is 3.46. The molecule has 0 saturated carbocycles. The van der Waals surface area contributed by atoms with Crippen LogP contribution in [0.1, 0.15) is 27.9 Å². The molecular weight excluding hydrogens is 372 g/mol. The van der Waals surface area contributed by atoms with Gasteiger partial charge in [0.1, 0.15) is 6.61 Å². The van der Waals surface area contributed by atoms with Gasteiger partial charge in [0, 0.05) is 18.6 Å². The number of aryl methyl sites for hydroxylation is 2. The molecular formula is C19H19ClN2O5. The maximum Gasteiger partial charge on any atom is 0.339 e. The number of nitro benzene ring substituents is 1. The molecule has 2 rings (SSSR count). The first-order chi connectivity index (χ1) is 12.9. The molecule has 0 fully saturated rings. The number of non-ortho nitro benzene ring substituents is 1. The van der Waals surface area contributed by atoms with Crippen LogP contribution in [0.2, 0.25) is 5.02 Å². The third-order valence-electron chi connectivity index (χ3n) is 3.80. The molecule has 1 amide bonds. The van der Waals surface area contributed by atoms with Gasteiger partial charge in [0.05, 0.1) is 22.1 Å². The average Bonchev–Trinajstić information content (AvgIpc) is 2.64. The van der Waals surface area contributed by atoms with E-state index in [0.717, 1.165) is 17.2 Å². The van der Waals surface area contributed by atoms with E-state index in [1.54, 1.807) is 0 Å². The number of rotatable bonds is 8. The Morgan fingerprint density at radius 1 is 1.19 bits per heavy atom. The van der Waals surface area contributed by atoms with Gasteiger partial charge in [-0.05, 0) is 25.0 Å². The van der Waals surface area contributed by atoms with Crippen LogP contribution in [-0.2, 0) is 16.0 Å². The highest BCUT2D eigenvalue weighted by Crippen LogP contribution is 2.23. The van der Waals surface area contributed by atoms with Crippen molar-refractivity contribution in [2.24, 2.45) is 0 Å². The lowest BCUT2D eigenvalue weighted by molar-refractivity contribution is -0.384. The van der Waals surface area contributed by atoms with Crippen molar-refractivity contribution in [3.05, 3.63) is 74.3 Å². The number of hydrogen-bond donors (Lipinski definition) is 1. The Hall–Kier alpha value is -2.93. The molecule has 2 aromatic carbocycles. The Morgan fingerprint density at radius 3 is 2.52 bits per heavy atom. The smallest absolute Gasteiger partial charge is 0.339 e. The zero-order valence-corrected chi connectivity index (χ0v) is 15.5. The highest BCUT2D eigenvalue weighted by atomic mass is 35.5. The topological polar surface area (TPSA) is 98.5 Å². The summed E-state index contributed by atoms with van der Waals surface area (Å²) in [5, 5.41) is 13.3. The van der Waals surface area contributed by atoms with E-state index in [2.05, 4.69) is 5.32 Å². The second-order valence-corrected chi connectivity index (χ2v) is 6.30.